The van der Waals surface area contributed by atoms with Crippen LogP contribution in [0.3, 0.4) is 0 Å². The zero-order valence-corrected chi connectivity index (χ0v) is 25.1. The summed E-state index contributed by atoms with van der Waals surface area (Å²) in [6, 6.07) is 7.51. The first-order chi connectivity index (χ1) is 21.4. The molecule has 0 aliphatic rings. The van der Waals surface area contributed by atoms with Crippen molar-refractivity contribution in [2.45, 2.75) is 32.7 Å². The van der Waals surface area contributed by atoms with Crippen LogP contribution in [0.2, 0.25) is 0 Å². The Morgan fingerprint density at radius 3 is 2.56 bits per heavy atom. The molecular weight excluding hydrogens is 620 g/mol. The third kappa shape index (κ3) is 8.27. The smallest absolute Gasteiger partial charge is 0.495 e. The number of hydrogen-bond acceptors (Lipinski definition) is 11. The molecule has 18 heteroatoms. The lowest BCUT2D eigenvalue weighted by Crippen LogP contribution is -2.21. The Kier molecular flexibility index (Phi) is 10.6. The normalized spacial score (nSPS) is 11.7. The number of nitrogens with one attached hydrogen (secondary N) is 3. The largest absolute Gasteiger partial charge is 0.695 e. The maximum Gasteiger partial charge on any atom is 0.695 e. The molecule has 4 aromatic rings. The first kappa shape index (κ1) is 33.2. The highest BCUT2D eigenvalue weighted by Crippen LogP contribution is 2.37. The first-order valence-electron chi connectivity index (χ1n) is 13.3. The predicted molar refractivity (Wildman–Crippen MR) is 156 cm³/mol. The molecule has 4 rings (SSSR count). The van der Waals surface area contributed by atoms with E-state index >= 15 is 0 Å². The zero-order chi connectivity index (χ0) is 32.7. The Hall–Kier alpha value is -4.70. The third-order valence-electron chi connectivity index (χ3n) is 6.31. The summed E-state index contributed by atoms with van der Waals surface area (Å²) in [5.41, 5.74) is 0.910. The monoisotopic (exact) mass is 649 g/mol. The van der Waals surface area contributed by atoms with E-state index in [0.717, 1.165) is 0 Å². The van der Waals surface area contributed by atoms with Gasteiger partial charge in [-0.2, -0.15) is 23.3 Å². The molecule has 0 saturated carbocycles. The Morgan fingerprint density at radius 2 is 1.89 bits per heavy atom. The number of aliphatic hydroxyl groups is 1. The van der Waals surface area contributed by atoms with Gasteiger partial charge in [0.25, 0.3) is 5.91 Å². The van der Waals surface area contributed by atoms with Crippen molar-refractivity contribution in [3.63, 3.8) is 0 Å². The number of aryl methyl sites for hydroxylation is 2. The molecule has 1 amide bonds. The minimum absolute atomic E-state index is 0.0149. The lowest BCUT2D eigenvalue weighted by molar-refractivity contribution is -0.137. The quantitative estimate of drug-likeness (QED) is 0.128. The minimum Gasteiger partial charge on any atom is -0.495 e. The zero-order valence-electron chi connectivity index (χ0n) is 24.2. The number of carbonyl (C=O) groups excluding carboxylic acids is 1. The molecule has 0 radical (unpaired) electrons. The summed E-state index contributed by atoms with van der Waals surface area (Å²) >= 11 is 0. The molecule has 3 aromatic heterocycles. The fraction of sp³-hybridized carbons (Fsp3) is 0.296. The van der Waals surface area contributed by atoms with Crippen LogP contribution in [0.1, 0.15) is 33.7 Å². The van der Waals surface area contributed by atoms with Crippen molar-refractivity contribution in [1.29, 1.82) is 0 Å². The molecule has 1 atom stereocenters. The summed E-state index contributed by atoms with van der Waals surface area (Å²) in [6.45, 7) is 2.01. The van der Waals surface area contributed by atoms with Crippen molar-refractivity contribution in [1.82, 2.24) is 30.0 Å². The number of aromatic nitrogens is 5. The van der Waals surface area contributed by atoms with Crippen LogP contribution in [0.25, 0.3) is 11.3 Å². The van der Waals surface area contributed by atoms with E-state index in [1.54, 1.807) is 23.9 Å². The standard InChI is InChI=1S/C27H28F3N8O6P/c1-15-17(13-38(37-15)9-4-10-39)19-7-8-21(23(33-19)25(40)31-2)34-24-18(27(28,29)30)12-32-26(36-24)35-20-6-5-16(11-22(20)43-3)14-44-45(41)42/h5-8,11-13,39H,4,9-10,14H2,1-3H3,(H3-,31,32,34,35,36,40,41,42)/p+1. The summed E-state index contributed by atoms with van der Waals surface area (Å²) in [6.07, 6.45) is -2.07. The molecule has 45 heavy (non-hydrogen) atoms. The van der Waals surface area contributed by atoms with E-state index in [0.29, 0.717) is 41.7 Å². The molecule has 0 aliphatic heterocycles. The number of hydrogen-bond donors (Lipinski definition) is 5. The average Bonchev–Trinajstić information content (AvgIpc) is 3.38. The summed E-state index contributed by atoms with van der Waals surface area (Å²) in [4.78, 5) is 34.0. The summed E-state index contributed by atoms with van der Waals surface area (Å²) in [7, 11) is -0.0939. The highest BCUT2D eigenvalue weighted by atomic mass is 31.1. The van der Waals surface area contributed by atoms with Crippen molar-refractivity contribution in [2.24, 2.45) is 0 Å². The molecule has 1 aromatic carbocycles. The lowest BCUT2D eigenvalue weighted by atomic mass is 10.1. The van der Waals surface area contributed by atoms with Gasteiger partial charge in [0.1, 0.15) is 23.7 Å². The second-order valence-electron chi connectivity index (χ2n) is 9.39. The van der Waals surface area contributed by atoms with Gasteiger partial charge in [0.05, 0.1) is 29.9 Å². The fourth-order valence-electron chi connectivity index (χ4n) is 4.17. The second-order valence-corrected chi connectivity index (χ2v) is 10.1. The molecule has 0 saturated heterocycles. The number of halogens is 3. The number of rotatable bonds is 13. The topological polar surface area (TPSA) is 186 Å². The maximum atomic E-state index is 14.0. The van der Waals surface area contributed by atoms with Gasteiger partial charge >= 0.3 is 14.4 Å². The Morgan fingerprint density at radius 1 is 1.13 bits per heavy atom. The Bertz CT molecular complexity index is 1700. The number of amides is 1. The fourth-order valence-corrected chi connectivity index (χ4v) is 4.43. The van der Waals surface area contributed by atoms with Crippen LogP contribution in [-0.2, 0) is 28.4 Å². The van der Waals surface area contributed by atoms with E-state index in [2.05, 4.69) is 36.0 Å². The second kappa shape index (κ2) is 14.4. The number of methoxy groups -OCH3 is 1. The molecule has 0 bridgehead atoms. The van der Waals surface area contributed by atoms with E-state index in [1.165, 1.54) is 38.4 Å². The number of ether oxygens (including phenoxy) is 1. The van der Waals surface area contributed by atoms with Gasteiger partial charge in [0.15, 0.2) is 5.69 Å². The van der Waals surface area contributed by atoms with Gasteiger partial charge in [0, 0.05) is 42.7 Å². The van der Waals surface area contributed by atoms with Crippen molar-refractivity contribution in [3.8, 4) is 17.0 Å². The van der Waals surface area contributed by atoms with E-state index in [-0.39, 0.29) is 42.0 Å². The lowest BCUT2D eigenvalue weighted by Gasteiger charge is -2.17. The number of alkyl halides is 3. The predicted octanol–water partition coefficient (Wildman–Crippen LogP) is 4.47. The van der Waals surface area contributed by atoms with Gasteiger partial charge in [-0.3, -0.25) is 9.48 Å². The van der Waals surface area contributed by atoms with E-state index in [9.17, 15) is 22.5 Å². The molecule has 3 heterocycles. The number of carbonyl (C=O) groups is 1. The van der Waals surface area contributed by atoms with Crippen LogP contribution in [0.5, 0.6) is 5.75 Å². The maximum absolute atomic E-state index is 14.0. The number of benzene rings is 1. The van der Waals surface area contributed by atoms with Crippen molar-refractivity contribution in [3.05, 3.63) is 65.2 Å². The highest BCUT2D eigenvalue weighted by molar-refractivity contribution is 7.32. The van der Waals surface area contributed by atoms with Gasteiger partial charge in [-0.1, -0.05) is 6.07 Å². The molecule has 238 valence electrons. The third-order valence-corrected chi connectivity index (χ3v) is 6.66. The van der Waals surface area contributed by atoms with Gasteiger partial charge in [-0.25, -0.2) is 9.97 Å². The van der Waals surface area contributed by atoms with Crippen molar-refractivity contribution < 1.29 is 41.8 Å². The van der Waals surface area contributed by atoms with Crippen molar-refractivity contribution >= 4 is 37.3 Å². The molecule has 0 spiro atoms. The number of nitrogens with zero attached hydrogens (tertiary/aromatic N) is 5. The van der Waals surface area contributed by atoms with E-state index in [1.807, 2.05) is 0 Å². The van der Waals surface area contributed by atoms with Crippen molar-refractivity contribution in [2.75, 3.05) is 31.4 Å². The summed E-state index contributed by atoms with van der Waals surface area (Å²) in [5, 5.41) is 21.3. The number of pyridine rings is 1. The van der Waals surface area contributed by atoms with Crippen LogP contribution >= 0.6 is 8.25 Å². The molecule has 1 unspecified atom stereocenters. The van der Waals surface area contributed by atoms with Crippen LogP contribution < -0.4 is 20.7 Å². The van der Waals surface area contributed by atoms with Gasteiger partial charge < -0.3 is 25.8 Å². The molecule has 0 fully saturated rings. The summed E-state index contributed by atoms with van der Waals surface area (Å²) in [5.74, 6) is -1.31. The Labute approximate surface area is 255 Å². The SMILES string of the molecule is CNC(=O)c1nc(-c2cn(CCCO)nc2C)ccc1Nc1nc(Nc2ccc(CO[P+](=O)O)cc2OC)ncc1C(F)(F)F. The highest BCUT2D eigenvalue weighted by Gasteiger charge is 2.36. The summed E-state index contributed by atoms with van der Waals surface area (Å²) < 4.78 is 64.5. The number of aliphatic hydroxyl groups excluding tert-OH is 1. The van der Waals surface area contributed by atoms with Crippen LogP contribution in [0.15, 0.2) is 42.7 Å². The van der Waals surface area contributed by atoms with Crippen LogP contribution in [0, 0.1) is 6.92 Å². The van der Waals surface area contributed by atoms with Crippen LogP contribution in [0.4, 0.5) is 36.3 Å². The van der Waals surface area contributed by atoms with E-state index in [4.69, 9.17) is 19.3 Å². The van der Waals surface area contributed by atoms with Gasteiger partial charge in [0.2, 0.25) is 5.95 Å². The molecular formula is C27H29F3N8O6P+. The minimum atomic E-state index is -4.85. The molecule has 0 aliphatic carbocycles. The first-order valence-corrected chi connectivity index (χ1v) is 14.4. The van der Waals surface area contributed by atoms with Crippen LogP contribution in [-0.4, -0.2) is 61.4 Å². The van der Waals surface area contributed by atoms with E-state index < -0.39 is 31.7 Å². The average molecular weight is 650 g/mol. The molecule has 5 N–H and O–H groups in total. The van der Waals surface area contributed by atoms with Gasteiger partial charge in [-0.15, -0.1) is 9.42 Å². The molecule has 14 nitrogen and oxygen atoms in total. The van der Waals surface area contributed by atoms with Gasteiger partial charge in [-0.05, 0) is 43.2 Å². The number of anilines is 4. The Balaban J connectivity index is 1.70.